The quantitative estimate of drug-likeness (QED) is 0.692. The van der Waals surface area contributed by atoms with Gasteiger partial charge in [0.2, 0.25) is 5.56 Å². The Morgan fingerprint density at radius 1 is 1.04 bits per heavy atom. The molecule has 3 aromatic rings. The molecule has 0 bridgehead atoms. The van der Waals surface area contributed by atoms with Gasteiger partial charge in [-0.25, -0.2) is 4.39 Å². The topological polar surface area (TPSA) is 42.1 Å². The summed E-state index contributed by atoms with van der Waals surface area (Å²) < 4.78 is 19.7. The van der Waals surface area contributed by atoms with E-state index >= 15 is 0 Å². The highest BCUT2D eigenvalue weighted by Crippen LogP contribution is 2.34. The van der Waals surface area contributed by atoms with Gasteiger partial charge in [0.15, 0.2) is 11.6 Å². The molecule has 2 aromatic carbocycles. The fourth-order valence-electron chi connectivity index (χ4n) is 2.26. The van der Waals surface area contributed by atoms with E-state index < -0.39 is 5.82 Å². The molecule has 3 rings (SSSR count). The summed E-state index contributed by atoms with van der Waals surface area (Å²) in [6, 6.07) is 13.3. The summed E-state index contributed by atoms with van der Waals surface area (Å²) in [5, 5.41) is 0. The van der Waals surface area contributed by atoms with Crippen LogP contribution in [-0.2, 0) is 0 Å². The lowest BCUT2D eigenvalue weighted by Crippen LogP contribution is -2.02. The number of aryl methyl sites for hydroxylation is 1. The first-order valence-corrected chi connectivity index (χ1v) is 7.44. The molecule has 1 N–H and O–H groups in total. The van der Waals surface area contributed by atoms with E-state index in [0.29, 0.717) is 16.2 Å². The molecule has 1 heterocycles. The summed E-state index contributed by atoms with van der Waals surface area (Å²) in [4.78, 5) is 14.6. The average molecular weight is 327 g/mol. The van der Waals surface area contributed by atoms with Gasteiger partial charge in [0.25, 0.3) is 0 Å². The van der Waals surface area contributed by atoms with Crippen LogP contribution >= 0.6 is 12.6 Å². The van der Waals surface area contributed by atoms with Crippen LogP contribution in [0.1, 0.15) is 5.56 Å². The number of nitrogens with one attached hydrogen (secondary N) is 1. The smallest absolute Gasteiger partial charge is 0.248 e. The highest BCUT2D eigenvalue weighted by atomic mass is 32.1. The number of rotatable bonds is 3. The standard InChI is InChI=1S/C18H14FNO2S/c1-11-2-4-16(22-17-5-3-13(23)10-15(17)19)14(8-11)12-6-7-20-18(21)9-12/h2-10,23H,1H3,(H,20,21). The van der Waals surface area contributed by atoms with Crippen molar-refractivity contribution in [1.82, 2.24) is 4.98 Å². The number of halogens is 1. The average Bonchev–Trinajstić information content (AvgIpc) is 2.51. The third-order valence-corrected chi connectivity index (χ3v) is 3.63. The molecule has 0 atom stereocenters. The lowest BCUT2D eigenvalue weighted by atomic mass is 10.0. The van der Waals surface area contributed by atoms with Crippen molar-refractivity contribution in [2.75, 3.05) is 0 Å². The highest BCUT2D eigenvalue weighted by molar-refractivity contribution is 7.80. The summed E-state index contributed by atoms with van der Waals surface area (Å²) in [5.41, 5.74) is 2.24. The van der Waals surface area contributed by atoms with Crippen molar-refractivity contribution in [2.24, 2.45) is 0 Å². The van der Waals surface area contributed by atoms with Crippen LogP contribution in [0.2, 0.25) is 0 Å². The second-order valence-electron chi connectivity index (χ2n) is 5.16. The lowest BCUT2D eigenvalue weighted by Gasteiger charge is -2.13. The van der Waals surface area contributed by atoms with E-state index in [9.17, 15) is 9.18 Å². The zero-order valence-electron chi connectivity index (χ0n) is 12.3. The van der Waals surface area contributed by atoms with E-state index in [0.717, 1.165) is 11.1 Å². The second kappa shape index (κ2) is 6.30. The summed E-state index contributed by atoms with van der Waals surface area (Å²) >= 11 is 4.10. The van der Waals surface area contributed by atoms with Crippen LogP contribution in [0, 0.1) is 12.7 Å². The number of hydrogen-bond donors (Lipinski definition) is 2. The Labute approximate surface area is 138 Å². The van der Waals surface area contributed by atoms with Crippen molar-refractivity contribution in [3.8, 4) is 22.6 Å². The first kappa shape index (κ1) is 15.4. The maximum Gasteiger partial charge on any atom is 0.248 e. The van der Waals surface area contributed by atoms with Crippen LogP contribution in [0.3, 0.4) is 0 Å². The van der Waals surface area contributed by atoms with Gasteiger partial charge >= 0.3 is 0 Å². The van der Waals surface area contributed by atoms with Crippen molar-refractivity contribution in [3.63, 3.8) is 0 Å². The molecule has 0 fully saturated rings. The van der Waals surface area contributed by atoms with Crippen LogP contribution in [0.25, 0.3) is 11.1 Å². The maximum atomic E-state index is 14.0. The second-order valence-corrected chi connectivity index (χ2v) is 5.67. The molecule has 3 nitrogen and oxygen atoms in total. The zero-order chi connectivity index (χ0) is 16.4. The van der Waals surface area contributed by atoms with E-state index in [1.165, 1.54) is 18.2 Å². The van der Waals surface area contributed by atoms with Crippen molar-refractivity contribution in [3.05, 3.63) is 76.5 Å². The van der Waals surface area contributed by atoms with Crippen molar-refractivity contribution in [2.45, 2.75) is 11.8 Å². The summed E-state index contributed by atoms with van der Waals surface area (Å²) in [5.74, 6) is 0.0969. The van der Waals surface area contributed by atoms with Crippen LogP contribution in [0.4, 0.5) is 4.39 Å². The fourth-order valence-corrected chi connectivity index (χ4v) is 2.45. The molecule has 23 heavy (non-hydrogen) atoms. The minimum absolute atomic E-state index is 0.109. The molecule has 0 saturated carbocycles. The van der Waals surface area contributed by atoms with E-state index in [-0.39, 0.29) is 11.3 Å². The van der Waals surface area contributed by atoms with Gasteiger partial charge in [-0.2, -0.15) is 0 Å². The normalized spacial score (nSPS) is 10.6. The largest absolute Gasteiger partial charge is 0.454 e. The summed E-state index contributed by atoms with van der Waals surface area (Å²) in [7, 11) is 0. The first-order chi connectivity index (χ1) is 11.0. The molecule has 1 aromatic heterocycles. The number of ether oxygens (including phenoxy) is 1. The molecular formula is C18H14FNO2S. The van der Waals surface area contributed by atoms with E-state index in [2.05, 4.69) is 17.6 Å². The van der Waals surface area contributed by atoms with Gasteiger partial charge in [-0.15, -0.1) is 12.6 Å². The van der Waals surface area contributed by atoms with Crippen molar-refractivity contribution >= 4 is 12.6 Å². The zero-order valence-corrected chi connectivity index (χ0v) is 13.2. The predicted molar refractivity (Wildman–Crippen MR) is 91.0 cm³/mol. The molecule has 5 heteroatoms. The van der Waals surface area contributed by atoms with E-state index in [1.54, 1.807) is 24.4 Å². The maximum absolute atomic E-state index is 14.0. The third-order valence-electron chi connectivity index (χ3n) is 3.36. The summed E-state index contributed by atoms with van der Waals surface area (Å²) in [6.45, 7) is 1.94. The van der Waals surface area contributed by atoms with Crippen molar-refractivity contribution < 1.29 is 9.13 Å². The van der Waals surface area contributed by atoms with Gasteiger partial charge in [0.1, 0.15) is 5.75 Å². The first-order valence-electron chi connectivity index (χ1n) is 6.99. The number of pyridine rings is 1. The number of thiol groups is 1. The Balaban J connectivity index is 2.07. The van der Waals surface area contributed by atoms with E-state index in [1.807, 2.05) is 19.1 Å². The van der Waals surface area contributed by atoms with Gasteiger partial charge in [0, 0.05) is 22.7 Å². The molecule has 0 aliphatic carbocycles. The number of benzene rings is 2. The number of hydrogen-bond acceptors (Lipinski definition) is 3. The summed E-state index contributed by atoms with van der Waals surface area (Å²) in [6.07, 6.45) is 1.57. The number of aromatic nitrogens is 1. The Morgan fingerprint density at radius 3 is 2.57 bits per heavy atom. The minimum Gasteiger partial charge on any atom is -0.454 e. The van der Waals surface area contributed by atoms with Crippen molar-refractivity contribution in [1.29, 1.82) is 0 Å². The molecule has 116 valence electrons. The molecule has 0 saturated heterocycles. The Bertz CT molecular complexity index is 921. The van der Waals surface area contributed by atoms with E-state index in [4.69, 9.17) is 4.74 Å². The molecular weight excluding hydrogens is 313 g/mol. The minimum atomic E-state index is -0.491. The van der Waals surface area contributed by atoms with Crippen LogP contribution in [0.15, 0.2) is 64.4 Å². The number of aromatic amines is 1. The molecule has 0 aliphatic heterocycles. The Morgan fingerprint density at radius 2 is 1.83 bits per heavy atom. The van der Waals surface area contributed by atoms with Gasteiger partial charge in [-0.3, -0.25) is 4.79 Å². The van der Waals surface area contributed by atoms with Crippen LogP contribution in [0.5, 0.6) is 11.5 Å². The van der Waals surface area contributed by atoms with Crippen LogP contribution < -0.4 is 10.3 Å². The predicted octanol–water partition coefficient (Wildman–Crippen LogP) is 4.57. The molecule has 0 amide bonds. The molecule has 0 unspecified atom stereocenters. The lowest BCUT2D eigenvalue weighted by molar-refractivity contribution is 0.442. The SMILES string of the molecule is Cc1ccc(Oc2ccc(S)cc2F)c(-c2cc[nH]c(=O)c2)c1. The fraction of sp³-hybridized carbons (Fsp3) is 0.0556. The Hall–Kier alpha value is -2.53. The third kappa shape index (κ3) is 3.46. The molecule has 0 spiro atoms. The van der Waals surface area contributed by atoms with Gasteiger partial charge in [-0.05, 0) is 48.9 Å². The van der Waals surface area contributed by atoms with Gasteiger partial charge in [0.05, 0.1) is 0 Å². The Kier molecular flexibility index (Phi) is 4.21. The monoisotopic (exact) mass is 327 g/mol. The molecule has 0 radical (unpaired) electrons. The van der Waals surface area contributed by atoms with Crippen LogP contribution in [-0.4, -0.2) is 4.98 Å². The highest BCUT2D eigenvalue weighted by Gasteiger charge is 2.11. The number of H-pyrrole nitrogens is 1. The molecule has 0 aliphatic rings. The van der Waals surface area contributed by atoms with Gasteiger partial charge in [-0.1, -0.05) is 11.6 Å². The van der Waals surface area contributed by atoms with Gasteiger partial charge < -0.3 is 9.72 Å².